The number of halogens is 2. The van der Waals surface area contributed by atoms with Crippen LogP contribution in [0.25, 0.3) is 0 Å². The van der Waals surface area contributed by atoms with Crippen molar-refractivity contribution in [1.82, 2.24) is 9.88 Å². The summed E-state index contributed by atoms with van der Waals surface area (Å²) in [5, 5.41) is 8.58. The van der Waals surface area contributed by atoms with Gasteiger partial charge in [0, 0.05) is 12.2 Å². The molecule has 0 aliphatic rings. The van der Waals surface area contributed by atoms with E-state index in [0.717, 1.165) is 17.2 Å². The largest absolute Gasteiger partial charge is 0.323 e. The minimum Gasteiger partial charge on any atom is -0.323 e. The highest BCUT2D eigenvalue weighted by Gasteiger charge is 2.23. The molecule has 1 amide bonds. The van der Waals surface area contributed by atoms with Gasteiger partial charge in [0.15, 0.2) is 5.82 Å². The van der Waals surface area contributed by atoms with Gasteiger partial charge in [-0.05, 0) is 19.9 Å². The maximum Gasteiger partial charge on any atom is 0.258 e. The molecular weight excluding hydrogens is 228 g/mol. The van der Waals surface area contributed by atoms with E-state index >= 15 is 0 Å². The number of pyridine rings is 1. The van der Waals surface area contributed by atoms with Gasteiger partial charge in [0.2, 0.25) is 5.95 Å². The van der Waals surface area contributed by atoms with Crippen molar-refractivity contribution < 1.29 is 13.6 Å². The Kier molecular flexibility index (Phi) is 4.10. The predicted molar refractivity (Wildman–Crippen MR) is 55.9 cm³/mol. The van der Waals surface area contributed by atoms with E-state index in [2.05, 4.69) is 4.98 Å². The smallest absolute Gasteiger partial charge is 0.258 e. The van der Waals surface area contributed by atoms with E-state index in [0.29, 0.717) is 0 Å². The molecule has 1 aromatic heterocycles. The molecule has 0 radical (unpaired) electrons. The lowest BCUT2D eigenvalue weighted by Gasteiger charge is -2.23. The van der Waals surface area contributed by atoms with E-state index in [-0.39, 0.29) is 12.6 Å². The van der Waals surface area contributed by atoms with Crippen LogP contribution in [0.5, 0.6) is 0 Å². The van der Waals surface area contributed by atoms with Crippen LogP contribution in [0.1, 0.15) is 24.2 Å². The Morgan fingerprint density at radius 3 is 2.76 bits per heavy atom. The van der Waals surface area contributed by atoms with E-state index in [4.69, 9.17) is 5.26 Å². The van der Waals surface area contributed by atoms with Crippen molar-refractivity contribution in [2.24, 2.45) is 0 Å². The van der Waals surface area contributed by atoms with Crippen molar-refractivity contribution in [2.75, 3.05) is 6.54 Å². The van der Waals surface area contributed by atoms with Gasteiger partial charge in [-0.1, -0.05) is 0 Å². The third-order valence-electron chi connectivity index (χ3n) is 2.20. The van der Waals surface area contributed by atoms with E-state index in [1.165, 1.54) is 0 Å². The second kappa shape index (κ2) is 5.34. The van der Waals surface area contributed by atoms with Crippen LogP contribution < -0.4 is 0 Å². The summed E-state index contributed by atoms with van der Waals surface area (Å²) in [5.41, 5.74) is -0.415. The van der Waals surface area contributed by atoms with Gasteiger partial charge in [0.1, 0.15) is 6.54 Å². The molecule has 6 heteroatoms. The summed E-state index contributed by atoms with van der Waals surface area (Å²) in [7, 11) is 0. The number of carbonyl (C=O) groups excluding carboxylic acids is 1. The van der Waals surface area contributed by atoms with Crippen molar-refractivity contribution in [1.29, 1.82) is 5.26 Å². The summed E-state index contributed by atoms with van der Waals surface area (Å²) in [6, 6.07) is 2.62. The fraction of sp³-hybridized carbons (Fsp3) is 0.364. The van der Waals surface area contributed by atoms with Crippen LogP contribution in [-0.2, 0) is 0 Å². The number of carbonyl (C=O) groups is 1. The highest BCUT2D eigenvalue weighted by molar-refractivity contribution is 5.94. The predicted octanol–water partition coefficient (Wildman–Crippen LogP) is 1.73. The van der Waals surface area contributed by atoms with Crippen molar-refractivity contribution in [3.8, 4) is 6.07 Å². The molecule has 0 aliphatic carbocycles. The van der Waals surface area contributed by atoms with Crippen LogP contribution in [0.15, 0.2) is 12.3 Å². The summed E-state index contributed by atoms with van der Waals surface area (Å²) < 4.78 is 26.2. The lowest BCUT2D eigenvalue weighted by Crippen LogP contribution is -2.37. The van der Waals surface area contributed by atoms with Crippen LogP contribution in [0.3, 0.4) is 0 Å². The number of nitriles is 1. The Labute approximate surface area is 97.5 Å². The summed E-state index contributed by atoms with van der Waals surface area (Å²) >= 11 is 0. The lowest BCUT2D eigenvalue weighted by molar-refractivity contribution is 0.0725. The fourth-order valence-corrected chi connectivity index (χ4v) is 1.30. The van der Waals surface area contributed by atoms with E-state index in [1.54, 1.807) is 13.8 Å². The van der Waals surface area contributed by atoms with E-state index in [9.17, 15) is 13.6 Å². The van der Waals surface area contributed by atoms with Crippen LogP contribution in [0.2, 0.25) is 0 Å². The Hall–Kier alpha value is -2.03. The normalized spacial score (nSPS) is 10.1. The first kappa shape index (κ1) is 13.0. The highest BCUT2D eigenvalue weighted by Crippen LogP contribution is 2.13. The number of amides is 1. The molecule has 0 fully saturated rings. The first-order valence-corrected chi connectivity index (χ1v) is 4.97. The summed E-state index contributed by atoms with van der Waals surface area (Å²) in [6.07, 6.45) is 1.01. The maximum absolute atomic E-state index is 13.3. The topological polar surface area (TPSA) is 57.0 Å². The molecule has 17 heavy (non-hydrogen) atoms. The number of aromatic nitrogens is 1. The van der Waals surface area contributed by atoms with Crippen LogP contribution >= 0.6 is 0 Å². The molecule has 1 aromatic rings. The van der Waals surface area contributed by atoms with E-state index in [1.807, 2.05) is 6.07 Å². The van der Waals surface area contributed by atoms with E-state index < -0.39 is 23.2 Å². The minimum absolute atomic E-state index is 0.181. The molecule has 0 N–H and O–H groups in total. The first-order chi connectivity index (χ1) is 7.99. The molecule has 0 aromatic carbocycles. The number of nitrogens with zero attached hydrogens (tertiary/aromatic N) is 3. The number of rotatable bonds is 3. The zero-order valence-corrected chi connectivity index (χ0v) is 9.44. The molecule has 90 valence electrons. The van der Waals surface area contributed by atoms with Crippen molar-refractivity contribution in [3.05, 3.63) is 29.6 Å². The molecule has 1 rings (SSSR count). The second-order valence-electron chi connectivity index (χ2n) is 3.65. The van der Waals surface area contributed by atoms with Gasteiger partial charge in [-0.25, -0.2) is 9.37 Å². The number of hydrogen-bond acceptors (Lipinski definition) is 3. The van der Waals surface area contributed by atoms with Crippen molar-refractivity contribution >= 4 is 5.91 Å². The SMILES string of the molecule is CC(C)N(CC#N)C(=O)c1ccnc(F)c1F. The van der Waals surface area contributed by atoms with Gasteiger partial charge in [0.05, 0.1) is 11.6 Å². The Morgan fingerprint density at radius 2 is 2.24 bits per heavy atom. The summed E-state index contributed by atoms with van der Waals surface area (Å²) in [6.45, 7) is 3.19. The number of hydrogen-bond donors (Lipinski definition) is 0. The second-order valence-corrected chi connectivity index (χ2v) is 3.65. The quantitative estimate of drug-likeness (QED) is 0.596. The molecule has 4 nitrogen and oxygen atoms in total. The molecule has 0 saturated heterocycles. The standard InChI is InChI=1S/C11H11F2N3O/c1-7(2)16(6-4-14)11(17)8-3-5-15-10(13)9(8)12/h3,5,7H,6H2,1-2H3. The zero-order valence-electron chi connectivity index (χ0n) is 9.44. The molecule has 0 aliphatic heterocycles. The van der Waals surface area contributed by atoms with Gasteiger partial charge in [0.25, 0.3) is 5.91 Å². The van der Waals surface area contributed by atoms with Gasteiger partial charge in [-0.2, -0.15) is 9.65 Å². The lowest BCUT2D eigenvalue weighted by atomic mass is 10.2. The Morgan fingerprint density at radius 1 is 1.59 bits per heavy atom. The van der Waals surface area contributed by atoms with Gasteiger partial charge >= 0.3 is 0 Å². The van der Waals surface area contributed by atoms with Gasteiger partial charge in [-0.3, -0.25) is 4.79 Å². The first-order valence-electron chi connectivity index (χ1n) is 4.97. The molecule has 0 bridgehead atoms. The molecular formula is C11H11F2N3O. The Balaban J connectivity index is 3.11. The monoisotopic (exact) mass is 239 g/mol. The molecule has 0 unspecified atom stereocenters. The van der Waals surface area contributed by atoms with Crippen LogP contribution in [-0.4, -0.2) is 28.4 Å². The summed E-state index contributed by atoms with van der Waals surface area (Å²) in [4.78, 5) is 16.1. The van der Waals surface area contributed by atoms with Crippen molar-refractivity contribution in [3.63, 3.8) is 0 Å². The maximum atomic E-state index is 13.3. The third-order valence-corrected chi connectivity index (χ3v) is 2.20. The Bertz CT molecular complexity index is 468. The van der Waals surface area contributed by atoms with Gasteiger partial charge < -0.3 is 4.90 Å². The average Bonchev–Trinajstić information content (AvgIpc) is 2.28. The highest BCUT2D eigenvalue weighted by atomic mass is 19.2. The zero-order chi connectivity index (χ0) is 13.0. The van der Waals surface area contributed by atoms with Crippen LogP contribution in [0.4, 0.5) is 8.78 Å². The fourth-order valence-electron chi connectivity index (χ4n) is 1.30. The van der Waals surface area contributed by atoms with Crippen molar-refractivity contribution in [2.45, 2.75) is 19.9 Å². The molecule has 0 saturated carbocycles. The molecule has 0 spiro atoms. The minimum atomic E-state index is -1.32. The average molecular weight is 239 g/mol. The van der Waals surface area contributed by atoms with Gasteiger partial charge in [-0.15, -0.1) is 0 Å². The van der Waals surface area contributed by atoms with Crippen LogP contribution in [0, 0.1) is 23.1 Å². The summed E-state index contributed by atoms with van der Waals surface area (Å²) in [5.74, 6) is -3.34. The molecule has 1 heterocycles. The molecule has 0 atom stereocenters. The third kappa shape index (κ3) is 2.75.